The van der Waals surface area contributed by atoms with Crippen LogP contribution in [0.2, 0.25) is 0 Å². The van der Waals surface area contributed by atoms with E-state index < -0.39 is 0 Å². The first kappa shape index (κ1) is 11.9. The van der Waals surface area contributed by atoms with Crippen LogP contribution >= 0.6 is 27.3 Å². The first-order valence-corrected chi connectivity index (χ1v) is 6.88. The van der Waals surface area contributed by atoms with Gasteiger partial charge in [0.2, 0.25) is 0 Å². The van der Waals surface area contributed by atoms with E-state index in [-0.39, 0.29) is 6.04 Å². The predicted molar refractivity (Wildman–Crippen MR) is 70.7 cm³/mol. The van der Waals surface area contributed by atoms with E-state index in [0.29, 0.717) is 0 Å². The van der Waals surface area contributed by atoms with Crippen molar-refractivity contribution in [3.8, 4) is 0 Å². The second-order valence-corrected chi connectivity index (χ2v) is 6.22. The third kappa shape index (κ3) is 2.75. The minimum atomic E-state index is -0.0501. The molecule has 0 saturated carbocycles. The van der Waals surface area contributed by atoms with Gasteiger partial charge in [0.15, 0.2) is 0 Å². The maximum Gasteiger partial charge on any atom is 0.121 e. The number of furan rings is 1. The lowest BCUT2D eigenvalue weighted by Gasteiger charge is -2.06. The van der Waals surface area contributed by atoms with E-state index in [0.717, 1.165) is 28.1 Å². The summed E-state index contributed by atoms with van der Waals surface area (Å²) in [4.78, 5) is 1.27. The van der Waals surface area contributed by atoms with Gasteiger partial charge in [0.05, 0.1) is 9.83 Å². The van der Waals surface area contributed by atoms with Crippen molar-refractivity contribution in [1.29, 1.82) is 0 Å². The van der Waals surface area contributed by atoms with Gasteiger partial charge in [0, 0.05) is 17.7 Å². The quantitative estimate of drug-likeness (QED) is 0.930. The summed E-state index contributed by atoms with van der Waals surface area (Å²) in [7, 11) is 0. The molecule has 0 saturated heterocycles. The SMILES string of the molecule is CCc1ccc(C(N)Cc2ccc(Br)s2)o1. The van der Waals surface area contributed by atoms with Crippen LogP contribution in [0.25, 0.3) is 0 Å². The van der Waals surface area contributed by atoms with Crippen molar-refractivity contribution in [1.82, 2.24) is 0 Å². The second-order valence-electron chi connectivity index (χ2n) is 3.67. The van der Waals surface area contributed by atoms with Crippen molar-refractivity contribution in [2.75, 3.05) is 0 Å². The number of halogens is 1. The molecule has 16 heavy (non-hydrogen) atoms. The van der Waals surface area contributed by atoms with Crippen LogP contribution in [-0.2, 0) is 12.8 Å². The van der Waals surface area contributed by atoms with Gasteiger partial charge in [-0.2, -0.15) is 0 Å². The van der Waals surface area contributed by atoms with E-state index >= 15 is 0 Å². The molecule has 2 aromatic heterocycles. The summed E-state index contributed by atoms with van der Waals surface area (Å²) in [5.74, 6) is 1.87. The third-order valence-corrected chi connectivity index (χ3v) is 4.09. The van der Waals surface area contributed by atoms with Crippen molar-refractivity contribution >= 4 is 27.3 Å². The van der Waals surface area contributed by atoms with Crippen LogP contribution in [0.15, 0.2) is 32.5 Å². The van der Waals surface area contributed by atoms with Crippen molar-refractivity contribution in [2.24, 2.45) is 5.73 Å². The molecule has 0 aromatic carbocycles. The molecule has 2 heterocycles. The van der Waals surface area contributed by atoms with Gasteiger partial charge in [-0.1, -0.05) is 6.92 Å². The topological polar surface area (TPSA) is 39.2 Å². The smallest absolute Gasteiger partial charge is 0.121 e. The average molecular weight is 300 g/mol. The number of nitrogens with two attached hydrogens (primary N) is 1. The number of hydrogen-bond donors (Lipinski definition) is 1. The lowest BCUT2D eigenvalue weighted by molar-refractivity contribution is 0.435. The molecule has 0 amide bonds. The lowest BCUT2D eigenvalue weighted by Crippen LogP contribution is -2.11. The van der Waals surface area contributed by atoms with Gasteiger partial charge in [-0.15, -0.1) is 11.3 Å². The summed E-state index contributed by atoms with van der Waals surface area (Å²) >= 11 is 5.17. The normalized spacial score (nSPS) is 12.9. The number of rotatable bonds is 4. The fraction of sp³-hybridized carbons (Fsp3) is 0.333. The Bertz CT molecular complexity index is 463. The highest BCUT2D eigenvalue weighted by Gasteiger charge is 2.12. The summed E-state index contributed by atoms with van der Waals surface area (Å²) in [5, 5.41) is 0. The molecule has 0 spiro atoms. The molecule has 0 aliphatic carbocycles. The Morgan fingerprint density at radius 3 is 2.75 bits per heavy atom. The molecule has 0 radical (unpaired) electrons. The molecular weight excluding hydrogens is 286 g/mol. The minimum absolute atomic E-state index is 0.0501. The maximum atomic E-state index is 6.10. The summed E-state index contributed by atoms with van der Waals surface area (Å²) in [5.41, 5.74) is 6.10. The van der Waals surface area contributed by atoms with Crippen molar-refractivity contribution in [3.63, 3.8) is 0 Å². The molecular formula is C12H14BrNOS. The van der Waals surface area contributed by atoms with Crippen molar-refractivity contribution in [3.05, 3.63) is 44.4 Å². The Morgan fingerprint density at radius 2 is 2.19 bits per heavy atom. The Hall–Kier alpha value is -0.580. The van der Waals surface area contributed by atoms with Gasteiger partial charge in [0.25, 0.3) is 0 Å². The zero-order chi connectivity index (χ0) is 11.5. The standard InChI is InChI=1S/C12H14BrNOS/c1-2-8-3-5-11(15-8)10(14)7-9-4-6-12(13)16-9/h3-6,10H,2,7,14H2,1H3. The van der Waals surface area contributed by atoms with Gasteiger partial charge in [-0.05, 0) is 40.2 Å². The molecule has 2 aromatic rings. The van der Waals surface area contributed by atoms with Gasteiger partial charge < -0.3 is 10.2 Å². The average Bonchev–Trinajstić information content (AvgIpc) is 2.87. The molecule has 2 rings (SSSR count). The summed E-state index contributed by atoms with van der Waals surface area (Å²) < 4.78 is 6.78. The van der Waals surface area contributed by atoms with Gasteiger partial charge in [0.1, 0.15) is 11.5 Å². The predicted octanol–water partition coefficient (Wildman–Crippen LogP) is 3.91. The second kappa shape index (κ2) is 5.17. The number of thiophene rings is 1. The first-order chi connectivity index (χ1) is 7.69. The van der Waals surface area contributed by atoms with Crippen LogP contribution in [0, 0.1) is 0 Å². The Balaban J connectivity index is 2.05. The minimum Gasteiger partial charge on any atom is -0.464 e. The van der Waals surface area contributed by atoms with Crippen LogP contribution in [0.1, 0.15) is 29.4 Å². The first-order valence-electron chi connectivity index (χ1n) is 5.27. The van der Waals surface area contributed by atoms with E-state index in [2.05, 4.69) is 28.9 Å². The molecule has 4 heteroatoms. The summed E-state index contributed by atoms with van der Waals surface area (Å²) in [6.45, 7) is 2.07. The molecule has 1 atom stereocenters. The molecule has 0 aliphatic heterocycles. The zero-order valence-corrected chi connectivity index (χ0v) is 11.5. The fourth-order valence-corrected chi connectivity index (χ4v) is 3.10. The van der Waals surface area contributed by atoms with Crippen molar-refractivity contribution < 1.29 is 4.42 Å². The Kier molecular flexibility index (Phi) is 3.84. The molecule has 2 nitrogen and oxygen atoms in total. The molecule has 2 N–H and O–H groups in total. The number of hydrogen-bond acceptors (Lipinski definition) is 3. The highest BCUT2D eigenvalue weighted by Crippen LogP contribution is 2.26. The molecule has 86 valence electrons. The highest BCUT2D eigenvalue weighted by molar-refractivity contribution is 9.11. The number of aryl methyl sites for hydroxylation is 1. The van der Waals surface area contributed by atoms with Crippen LogP contribution in [0.5, 0.6) is 0 Å². The highest BCUT2D eigenvalue weighted by atomic mass is 79.9. The van der Waals surface area contributed by atoms with E-state index in [1.807, 2.05) is 18.2 Å². The monoisotopic (exact) mass is 299 g/mol. The molecule has 0 fully saturated rings. The van der Waals surface area contributed by atoms with Crippen LogP contribution < -0.4 is 5.73 Å². The van der Waals surface area contributed by atoms with Crippen LogP contribution in [0.3, 0.4) is 0 Å². The third-order valence-electron chi connectivity index (χ3n) is 2.45. The summed E-state index contributed by atoms with van der Waals surface area (Å²) in [6.07, 6.45) is 1.74. The largest absolute Gasteiger partial charge is 0.464 e. The molecule has 1 unspecified atom stereocenters. The van der Waals surface area contributed by atoms with E-state index in [1.54, 1.807) is 11.3 Å². The zero-order valence-electron chi connectivity index (χ0n) is 9.07. The molecule has 0 aliphatic rings. The summed E-state index contributed by atoms with van der Waals surface area (Å²) in [6, 6.07) is 8.07. The lowest BCUT2D eigenvalue weighted by atomic mass is 10.1. The van der Waals surface area contributed by atoms with Crippen LogP contribution in [-0.4, -0.2) is 0 Å². The van der Waals surface area contributed by atoms with Gasteiger partial charge in [-0.25, -0.2) is 0 Å². The van der Waals surface area contributed by atoms with E-state index in [1.165, 1.54) is 4.88 Å². The maximum absolute atomic E-state index is 6.10. The van der Waals surface area contributed by atoms with Crippen LogP contribution in [0.4, 0.5) is 0 Å². The Labute approximate surface area is 108 Å². The van der Waals surface area contributed by atoms with Gasteiger partial charge >= 0.3 is 0 Å². The van der Waals surface area contributed by atoms with Gasteiger partial charge in [-0.3, -0.25) is 0 Å². The Morgan fingerprint density at radius 1 is 1.38 bits per heavy atom. The molecule has 0 bridgehead atoms. The fourth-order valence-electron chi connectivity index (χ4n) is 1.56. The van der Waals surface area contributed by atoms with Crippen molar-refractivity contribution in [2.45, 2.75) is 25.8 Å². The van der Waals surface area contributed by atoms with E-state index in [9.17, 15) is 0 Å². The van der Waals surface area contributed by atoms with E-state index in [4.69, 9.17) is 10.2 Å².